The maximum atomic E-state index is 13.1. The van der Waals surface area contributed by atoms with Crippen LogP contribution in [0.2, 0.25) is 10.0 Å². The molecule has 1 heterocycles. The van der Waals surface area contributed by atoms with Gasteiger partial charge in [0.25, 0.3) is 11.7 Å². The molecule has 1 fully saturated rings. The van der Waals surface area contributed by atoms with Gasteiger partial charge in [-0.3, -0.25) is 9.59 Å². The van der Waals surface area contributed by atoms with E-state index in [9.17, 15) is 14.7 Å². The summed E-state index contributed by atoms with van der Waals surface area (Å²) in [6.45, 7) is 10.6. The summed E-state index contributed by atoms with van der Waals surface area (Å²) in [4.78, 5) is 29.9. The van der Waals surface area contributed by atoms with Gasteiger partial charge in [-0.2, -0.15) is 0 Å². The summed E-state index contributed by atoms with van der Waals surface area (Å²) in [6, 6.07) is 10.8. The number of halogens is 2. The normalized spacial score (nSPS) is 17.4. The van der Waals surface area contributed by atoms with E-state index in [1.54, 1.807) is 48.5 Å². The number of hydrogen-bond acceptors (Lipinski definition) is 5. The highest BCUT2D eigenvalue weighted by Crippen LogP contribution is 2.41. The summed E-state index contributed by atoms with van der Waals surface area (Å²) in [7, 11) is 0. The zero-order chi connectivity index (χ0) is 24.8. The number of benzene rings is 2. The Morgan fingerprint density at radius 3 is 2.38 bits per heavy atom. The van der Waals surface area contributed by atoms with Crippen molar-refractivity contribution in [2.45, 2.75) is 19.9 Å². The fourth-order valence-corrected chi connectivity index (χ4v) is 4.25. The Kier molecular flexibility index (Phi) is 8.78. The molecule has 0 bridgehead atoms. The number of nitrogens with zero attached hydrogens (tertiary/aromatic N) is 2. The van der Waals surface area contributed by atoms with E-state index in [2.05, 4.69) is 11.5 Å². The third-order valence-corrected chi connectivity index (χ3v) is 6.59. The molecular weight excluding hydrogens is 475 g/mol. The maximum Gasteiger partial charge on any atom is 0.295 e. The molecule has 1 N–H and O–H groups in total. The molecule has 0 aromatic heterocycles. The topological polar surface area (TPSA) is 70.1 Å². The van der Waals surface area contributed by atoms with Crippen molar-refractivity contribution in [3.8, 4) is 5.75 Å². The molecule has 3 rings (SSSR count). The number of likely N-dealkylation sites (N-methyl/N-ethyl adjacent to an activating group) is 1. The number of amides is 1. The average molecular weight is 503 g/mol. The molecule has 2 aromatic rings. The van der Waals surface area contributed by atoms with Crippen molar-refractivity contribution in [3.63, 3.8) is 0 Å². The SMILES string of the molecule is C=CCOc1ccc(C(O)=C2C(=O)C(=O)N(CCN(CC)CC)C2c2ccc(Cl)c(Cl)c2)cc1. The fourth-order valence-electron chi connectivity index (χ4n) is 3.95. The highest BCUT2D eigenvalue weighted by molar-refractivity contribution is 6.46. The highest BCUT2D eigenvalue weighted by Gasteiger charge is 2.46. The molecule has 180 valence electrons. The molecule has 0 radical (unpaired) electrons. The summed E-state index contributed by atoms with van der Waals surface area (Å²) in [5, 5.41) is 11.8. The predicted octanol–water partition coefficient (Wildman–Crippen LogP) is 5.32. The minimum atomic E-state index is -0.790. The van der Waals surface area contributed by atoms with Crippen molar-refractivity contribution in [2.75, 3.05) is 32.8 Å². The van der Waals surface area contributed by atoms with Gasteiger partial charge in [0.15, 0.2) is 0 Å². The van der Waals surface area contributed by atoms with E-state index in [4.69, 9.17) is 27.9 Å². The third kappa shape index (κ3) is 5.46. The van der Waals surface area contributed by atoms with Gasteiger partial charge in [-0.25, -0.2) is 0 Å². The second kappa shape index (κ2) is 11.6. The van der Waals surface area contributed by atoms with Crippen molar-refractivity contribution < 1.29 is 19.4 Å². The molecule has 34 heavy (non-hydrogen) atoms. The van der Waals surface area contributed by atoms with Gasteiger partial charge in [-0.05, 0) is 55.1 Å². The largest absolute Gasteiger partial charge is 0.507 e. The number of aliphatic hydroxyl groups is 1. The first-order valence-corrected chi connectivity index (χ1v) is 11.9. The Morgan fingerprint density at radius 2 is 1.79 bits per heavy atom. The summed E-state index contributed by atoms with van der Waals surface area (Å²) in [5.41, 5.74) is 1.01. The van der Waals surface area contributed by atoms with Crippen LogP contribution in [0.5, 0.6) is 5.75 Å². The van der Waals surface area contributed by atoms with Crippen LogP contribution < -0.4 is 4.74 Å². The Labute approximate surface area is 210 Å². The van der Waals surface area contributed by atoms with E-state index in [0.717, 1.165) is 13.1 Å². The van der Waals surface area contributed by atoms with E-state index < -0.39 is 17.7 Å². The second-order valence-electron chi connectivity index (χ2n) is 7.82. The number of carbonyl (C=O) groups is 2. The average Bonchev–Trinajstić information content (AvgIpc) is 3.10. The van der Waals surface area contributed by atoms with Gasteiger partial charge in [0, 0.05) is 18.7 Å². The summed E-state index contributed by atoms with van der Waals surface area (Å²) in [6.07, 6.45) is 1.63. The standard InChI is InChI=1S/C26H28Cl2N2O4/c1-4-15-34-19-10-7-17(8-11-19)24(31)22-23(18-9-12-20(27)21(28)16-18)30(26(33)25(22)32)14-13-29(5-2)6-3/h4,7-12,16,23,31H,1,5-6,13-15H2,2-3H3. The van der Waals surface area contributed by atoms with Gasteiger partial charge in [0.2, 0.25) is 0 Å². The molecule has 1 aliphatic heterocycles. The van der Waals surface area contributed by atoms with Crippen molar-refractivity contribution in [2.24, 2.45) is 0 Å². The van der Waals surface area contributed by atoms with Gasteiger partial charge in [-0.1, -0.05) is 55.8 Å². The first kappa shape index (κ1) is 25.8. The molecule has 1 amide bonds. The van der Waals surface area contributed by atoms with E-state index in [-0.39, 0.29) is 11.3 Å². The van der Waals surface area contributed by atoms with E-state index in [1.165, 1.54) is 4.90 Å². The van der Waals surface area contributed by atoms with Crippen LogP contribution in [-0.2, 0) is 9.59 Å². The van der Waals surface area contributed by atoms with Crippen LogP contribution in [0.4, 0.5) is 0 Å². The van der Waals surface area contributed by atoms with E-state index in [0.29, 0.717) is 46.6 Å². The monoisotopic (exact) mass is 502 g/mol. The van der Waals surface area contributed by atoms with Crippen LogP contribution in [0.1, 0.15) is 31.0 Å². The van der Waals surface area contributed by atoms with Crippen LogP contribution >= 0.6 is 23.2 Å². The summed E-state index contributed by atoms with van der Waals surface area (Å²) >= 11 is 12.4. The quantitative estimate of drug-likeness (QED) is 0.206. The number of likely N-dealkylation sites (tertiary alicyclic amines) is 1. The van der Waals surface area contributed by atoms with Gasteiger partial charge in [-0.15, -0.1) is 0 Å². The lowest BCUT2D eigenvalue weighted by molar-refractivity contribution is -0.140. The maximum absolute atomic E-state index is 13.1. The molecule has 6 nitrogen and oxygen atoms in total. The minimum Gasteiger partial charge on any atom is -0.507 e. The lowest BCUT2D eigenvalue weighted by atomic mass is 9.95. The van der Waals surface area contributed by atoms with Crippen LogP contribution in [0.15, 0.2) is 60.7 Å². The Morgan fingerprint density at radius 1 is 1.12 bits per heavy atom. The summed E-state index contributed by atoms with van der Waals surface area (Å²) in [5.74, 6) is -1.05. The van der Waals surface area contributed by atoms with Crippen LogP contribution in [0.3, 0.4) is 0 Å². The Bertz CT molecular complexity index is 1090. The zero-order valence-electron chi connectivity index (χ0n) is 19.3. The molecular formula is C26H28Cl2N2O4. The second-order valence-corrected chi connectivity index (χ2v) is 8.63. The van der Waals surface area contributed by atoms with Gasteiger partial charge in [0.05, 0.1) is 21.7 Å². The Hall–Kier alpha value is -2.80. The van der Waals surface area contributed by atoms with Gasteiger partial charge >= 0.3 is 0 Å². The number of rotatable bonds is 10. The molecule has 1 aliphatic rings. The first-order valence-electron chi connectivity index (χ1n) is 11.1. The van der Waals surface area contributed by atoms with E-state index >= 15 is 0 Å². The summed E-state index contributed by atoms with van der Waals surface area (Å²) < 4.78 is 5.48. The molecule has 1 saturated heterocycles. The highest BCUT2D eigenvalue weighted by atomic mass is 35.5. The lowest BCUT2D eigenvalue weighted by Crippen LogP contribution is -2.38. The van der Waals surface area contributed by atoms with Crippen molar-refractivity contribution in [3.05, 3.63) is 81.9 Å². The number of ketones is 1. The zero-order valence-corrected chi connectivity index (χ0v) is 20.8. The van der Waals surface area contributed by atoms with Crippen molar-refractivity contribution in [1.29, 1.82) is 0 Å². The molecule has 0 saturated carbocycles. The van der Waals surface area contributed by atoms with Crippen LogP contribution in [0, 0.1) is 0 Å². The number of hydrogen-bond donors (Lipinski definition) is 1. The molecule has 0 aliphatic carbocycles. The van der Waals surface area contributed by atoms with Crippen LogP contribution in [-0.4, -0.2) is 59.4 Å². The molecule has 1 unspecified atom stereocenters. The van der Waals surface area contributed by atoms with Crippen molar-refractivity contribution in [1.82, 2.24) is 9.80 Å². The fraction of sp³-hybridized carbons (Fsp3) is 0.308. The van der Waals surface area contributed by atoms with Gasteiger partial charge in [0.1, 0.15) is 18.1 Å². The number of aliphatic hydroxyl groups excluding tert-OH is 1. The minimum absolute atomic E-state index is 0.0164. The number of Topliss-reactive ketones (excluding diaryl/α,β-unsaturated/α-hetero) is 1. The van der Waals surface area contributed by atoms with Crippen LogP contribution in [0.25, 0.3) is 5.76 Å². The molecule has 1 atom stereocenters. The first-order chi connectivity index (χ1) is 16.3. The predicted molar refractivity (Wildman–Crippen MR) is 135 cm³/mol. The number of carbonyl (C=O) groups excluding carboxylic acids is 2. The smallest absolute Gasteiger partial charge is 0.295 e. The third-order valence-electron chi connectivity index (χ3n) is 5.85. The lowest BCUT2D eigenvalue weighted by Gasteiger charge is -2.28. The van der Waals surface area contributed by atoms with E-state index in [1.807, 2.05) is 13.8 Å². The molecule has 2 aromatic carbocycles. The van der Waals surface area contributed by atoms with Gasteiger partial charge < -0.3 is 19.6 Å². The Balaban J connectivity index is 2.06. The number of ether oxygens (including phenoxy) is 1. The van der Waals surface area contributed by atoms with Crippen molar-refractivity contribution >= 4 is 40.7 Å². The molecule has 8 heteroatoms. The molecule has 0 spiro atoms.